The highest BCUT2D eigenvalue weighted by Crippen LogP contribution is 2.56. The molecule has 2 aliphatic rings. The normalized spacial score (nSPS) is 14.0. The molecule has 0 saturated carbocycles. The molecule has 9 aromatic rings. The van der Waals surface area contributed by atoms with Gasteiger partial charge in [-0.2, -0.15) is 0 Å². The fourth-order valence-corrected chi connectivity index (χ4v) is 10.5. The van der Waals surface area contributed by atoms with E-state index in [0.717, 1.165) is 11.4 Å². The summed E-state index contributed by atoms with van der Waals surface area (Å²) in [6.07, 6.45) is 0. The fraction of sp³-hybridized carbons (Fsp3) is 0.103. The Morgan fingerprint density at radius 2 is 0.831 bits per heavy atom. The van der Waals surface area contributed by atoms with Crippen LogP contribution in [-0.2, 0) is 10.8 Å². The van der Waals surface area contributed by atoms with Gasteiger partial charge in [-0.25, -0.2) is 0 Å². The van der Waals surface area contributed by atoms with Gasteiger partial charge in [0.05, 0.1) is 17.1 Å². The van der Waals surface area contributed by atoms with E-state index >= 15 is 0 Å². The molecular weight excluding hydrogens is 711 g/mol. The van der Waals surface area contributed by atoms with Crippen LogP contribution >= 0.6 is 0 Å². The van der Waals surface area contributed by atoms with Crippen molar-refractivity contribution in [2.75, 3.05) is 4.90 Å². The van der Waals surface area contributed by atoms with Crippen molar-refractivity contribution in [1.29, 1.82) is 0 Å². The summed E-state index contributed by atoms with van der Waals surface area (Å²) >= 11 is 0. The Bertz CT molecular complexity index is 3110. The molecule has 59 heavy (non-hydrogen) atoms. The molecule has 0 bridgehead atoms. The number of hydrogen-bond acceptors (Lipinski definition) is 1. The molecule has 0 amide bonds. The second-order valence-corrected chi connectivity index (χ2v) is 17.2. The number of para-hydroxylation sites is 2. The minimum atomic E-state index is -0.179. The van der Waals surface area contributed by atoms with Crippen molar-refractivity contribution in [3.63, 3.8) is 0 Å². The smallest absolute Gasteiger partial charge is 0.0618 e. The second kappa shape index (κ2) is 13.3. The Morgan fingerprint density at radius 3 is 1.58 bits per heavy atom. The van der Waals surface area contributed by atoms with Gasteiger partial charge in [0, 0.05) is 32.9 Å². The first-order chi connectivity index (χ1) is 28.8. The summed E-state index contributed by atoms with van der Waals surface area (Å²) < 4.78 is 0. The van der Waals surface area contributed by atoms with Gasteiger partial charge in [-0.3, -0.25) is 0 Å². The number of nitrogens with zero attached hydrogens (tertiary/aromatic N) is 1. The summed E-state index contributed by atoms with van der Waals surface area (Å²) in [4.78, 5) is 2.58. The van der Waals surface area contributed by atoms with E-state index in [-0.39, 0.29) is 10.8 Å². The average Bonchev–Trinajstić information content (AvgIpc) is 3.66. The van der Waals surface area contributed by atoms with Gasteiger partial charge in [-0.15, -0.1) is 0 Å². The van der Waals surface area contributed by atoms with Crippen LogP contribution in [0.2, 0.25) is 0 Å². The number of hydrogen-bond donors (Lipinski definition) is 0. The summed E-state index contributed by atoms with van der Waals surface area (Å²) in [7, 11) is 0. The summed E-state index contributed by atoms with van der Waals surface area (Å²) in [5.41, 5.74) is 21.2. The fourth-order valence-electron chi connectivity index (χ4n) is 10.5. The first-order valence-electron chi connectivity index (χ1n) is 20.9. The molecule has 0 aliphatic heterocycles. The molecule has 0 unspecified atom stereocenters. The van der Waals surface area contributed by atoms with Crippen molar-refractivity contribution < 1.29 is 0 Å². The van der Waals surface area contributed by atoms with Gasteiger partial charge in [-0.1, -0.05) is 210 Å². The van der Waals surface area contributed by atoms with Gasteiger partial charge in [0.1, 0.15) is 0 Å². The number of rotatable bonds is 6. The van der Waals surface area contributed by atoms with Gasteiger partial charge in [0.25, 0.3) is 0 Å². The standard InChI is InChI=1S/C58H45N/c1-57(2)50-29-14-10-24-44(50)46-36-34-40(37-52(46)57)41-22-12-16-31-53(41)59(56-42-23-9-8-21-39(42)33-35-43(56)38-19-6-5-7-20-38)54-32-17-13-26-47(54)49-28-18-27-48-45-25-11-15-30-51(45)58(3,4)55(48)49/h5-37H,1-4H3. The van der Waals surface area contributed by atoms with Crippen LogP contribution in [-0.4, -0.2) is 0 Å². The zero-order chi connectivity index (χ0) is 39.9. The van der Waals surface area contributed by atoms with Crippen molar-refractivity contribution in [2.45, 2.75) is 38.5 Å². The van der Waals surface area contributed by atoms with Gasteiger partial charge < -0.3 is 4.90 Å². The average molecular weight is 756 g/mol. The minimum absolute atomic E-state index is 0.114. The van der Waals surface area contributed by atoms with E-state index in [2.05, 4.69) is 233 Å². The topological polar surface area (TPSA) is 3.24 Å². The molecule has 0 aromatic heterocycles. The van der Waals surface area contributed by atoms with Gasteiger partial charge >= 0.3 is 0 Å². The zero-order valence-corrected chi connectivity index (χ0v) is 34.0. The molecular formula is C58H45N. The lowest BCUT2D eigenvalue weighted by Gasteiger charge is -2.34. The zero-order valence-electron chi connectivity index (χ0n) is 34.0. The molecule has 11 rings (SSSR count). The predicted octanol–water partition coefficient (Wildman–Crippen LogP) is 15.9. The summed E-state index contributed by atoms with van der Waals surface area (Å²) in [5, 5.41) is 2.41. The van der Waals surface area contributed by atoms with Crippen LogP contribution in [0, 0.1) is 0 Å². The monoisotopic (exact) mass is 755 g/mol. The first-order valence-corrected chi connectivity index (χ1v) is 20.9. The van der Waals surface area contributed by atoms with E-state index in [1.165, 1.54) is 94.3 Å². The second-order valence-electron chi connectivity index (χ2n) is 17.2. The molecule has 0 N–H and O–H groups in total. The van der Waals surface area contributed by atoms with Crippen LogP contribution < -0.4 is 4.90 Å². The maximum atomic E-state index is 2.58. The third-order valence-electron chi connectivity index (χ3n) is 13.3. The SMILES string of the molecule is CC1(C)c2ccccc2-c2ccc(-c3ccccc3N(c3ccccc3-c3cccc4c3C(C)(C)c3ccccc3-4)c3c(-c4ccccc4)ccc4ccccc34)cc21. The molecule has 0 atom stereocenters. The third-order valence-corrected chi connectivity index (χ3v) is 13.3. The Kier molecular flexibility index (Phi) is 7.94. The van der Waals surface area contributed by atoms with Crippen LogP contribution in [0.4, 0.5) is 17.1 Å². The van der Waals surface area contributed by atoms with Crippen molar-refractivity contribution in [3.05, 3.63) is 222 Å². The van der Waals surface area contributed by atoms with Gasteiger partial charge in [-0.05, 0) is 84.8 Å². The van der Waals surface area contributed by atoms with Crippen molar-refractivity contribution in [2.24, 2.45) is 0 Å². The molecule has 1 heteroatoms. The highest BCUT2D eigenvalue weighted by atomic mass is 15.2. The van der Waals surface area contributed by atoms with Gasteiger partial charge in [0.15, 0.2) is 0 Å². The molecule has 0 heterocycles. The molecule has 2 aliphatic carbocycles. The highest BCUT2D eigenvalue weighted by molar-refractivity contribution is 6.09. The third kappa shape index (κ3) is 5.31. The van der Waals surface area contributed by atoms with Crippen LogP contribution in [0.3, 0.4) is 0 Å². The Hall–Kier alpha value is -6.96. The molecule has 0 fully saturated rings. The van der Waals surface area contributed by atoms with E-state index in [4.69, 9.17) is 0 Å². The quantitative estimate of drug-likeness (QED) is 0.163. The van der Waals surface area contributed by atoms with E-state index in [9.17, 15) is 0 Å². The molecule has 0 spiro atoms. The van der Waals surface area contributed by atoms with Crippen LogP contribution in [0.5, 0.6) is 0 Å². The molecule has 0 radical (unpaired) electrons. The lowest BCUT2D eigenvalue weighted by molar-refractivity contribution is 0.660. The Labute approximate surface area is 347 Å². The number of benzene rings is 9. The first kappa shape index (κ1) is 35.2. The Balaban J connectivity index is 1.22. The largest absolute Gasteiger partial charge is 0.308 e. The minimum Gasteiger partial charge on any atom is -0.308 e. The lowest BCUT2D eigenvalue weighted by Crippen LogP contribution is -2.18. The van der Waals surface area contributed by atoms with E-state index in [0.29, 0.717) is 0 Å². The molecule has 1 nitrogen and oxygen atoms in total. The number of fused-ring (bicyclic) bond motifs is 7. The summed E-state index contributed by atoms with van der Waals surface area (Å²) in [6.45, 7) is 9.53. The maximum absolute atomic E-state index is 2.58. The molecule has 282 valence electrons. The van der Waals surface area contributed by atoms with Crippen molar-refractivity contribution in [1.82, 2.24) is 0 Å². The van der Waals surface area contributed by atoms with Crippen LogP contribution in [0.15, 0.2) is 200 Å². The van der Waals surface area contributed by atoms with E-state index in [1.807, 2.05) is 0 Å². The van der Waals surface area contributed by atoms with E-state index < -0.39 is 0 Å². The van der Waals surface area contributed by atoms with Crippen LogP contribution in [0.25, 0.3) is 66.4 Å². The molecule has 9 aromatic carbocycles. The van der Waals surface area contributed by atoms with Crippen molar-refractivity contribution in [3.8, 4) is 55.6 Å². The predicted molar refractivity (Wildman–Crippen MR) is 250 cm³/mol. The molecule has 0 saturated heterocycles. The number of anilines is 3. The highest BCUT2D eigenvalue weighted by Gasteiger charge is 2.39. The van der Waals surface area contributed by atoms with Crippen LogP contribution in [0.1, 0.15) is 49.9 Å². The van der Waals surface area contributed by atoms with E-state index in [1.54, 1.807) is 0 Å². The van der Waals surface area contributed by atoms with Gasteiger partial charge in [0.2, 0.25) is 0 Å². The summed E-state index contributed by atoms with van der Waals surface area (Å²) in [6, 6.07) is 74.4. The Morgan fingerprint density at radius 1 is 0.322 bits per heavy atom. The summed E-state index contributed by atoms with van der Waals surface area (Å²) in [5.74, 6) is 0. The van der Waals surface area contributed by atoms with Crippen molar-refractivity contribution >= 4 is 27.8 Å². The lowest BCUT2D eigenvalue weighted by atomic mass is 9.78. The maximum Gasteiger partial charge on any atom is 0.0618 e.